The van der Waals surface area contributed by atoms with E-state index in [1.54, 1.807) is 22.7 Å². The third-order valence-corrected chi connectivity index (χ3v) is 33.1. The largest absolute Gasteiger partial charge is 0.494 e. The van der Waals surface area contributed by atoms with Crippen LogP contribution in [0.2, 0.25) is 0 Å². The van der Waals surface area contributed by atoms with Crippen LogP contribution in [0, 0.1) is 7.43 Å². The number of nitrogens with zero attached hydrogens (tertiary/aromatic N) is 2. The van der Waals surface area contributed by atoms with Crippen LogP contribution in [0.3, 0.4) is 0 Å². The van der Waals surface area contributed by atoms with E-state index in [4.69, 9.17) is 19.3 Å². The molecule has 6 aliphatic carbocycles. The number of fused-ring (bicyclic) bond motifs is 24. The zero-order chi connectivity index (χ0) is 88.9. The molecule has 7 aliphatic rings. The molecule has 0 saturated carbocycles. The van der Waals surface area contributed by atoms with Gasteiger partial charge in [-0.1, -0.05) is 421 Å². The Kier molecular flexibility index (Phi) is 20.0. The second-order valence-corrected chi connectivity index (χ2v) is 41.1. The summed E-state index contributed by atoms with van der Waals surface area (Å²) in [6.45, 7) is 17.9. The summed E-state index contributed by atoms with van der Waals surface area (Å²) >= 11 is 7.40. The van der Waals surface area contributed by atoms with Gasteiger partial charge in [-0.3, -0.25) is 0 Å². The maximum absolute atomic E-state index is 6.20. The summed E-state index contributed by atoms with van der Waals surface area (Å²) in [4.78, 5) is 12.7. The molecule has 3 heterocycles. The van der Waals surface area contributed by atoms with Crippen LogP contribution < -0.4 is 5.46 Å². The molecule has 0 atom stereocenters. The van der Waals surface area contributed by atoms with Crippen molar-refractivity contribution >= 4 is 72.7 Å². The Morgan fingerprint density at radius 2 is 0.545 bits per heavy atom. The number of halogens is 1. The minimum atomic E-state index is -0.480. The van der Waals surface area contributed by atoms with Crippen molar-refractivity contribution in [1.82, 2.24) is 9.97 Å². The molecule has 8 heteroatoms. The molecule has 1 aliphatic heterocycles. The maximum atomic E-state index is 6.20. The highest BCUT2D eigenvalue weighted by atomic mass is 79.9. The minimum absolute atomic E-state index is 0. The number of aromatic nitrogens is 2. The van der Waals surface area contributed by atoms with Gasteiger partial charge in [0, 0.05) is 37.6 Å². The molecular formula is C126H97BBrN2O2S2-. The Morgan fingerprint density at radius 3 is 0.948 bits per heavy atom. The van der Waals surface area contributed by atoms with Crippen molar-refractivity contribution in [2.75, 3.05) is 0 Å². The molecule has 1 saturated heterocycles. The summed E-state index contributed by atoms with van der Waals surface area (Å²) < 4.78 is 13.5. The van der Waals surface area contributed by atoms with Gasteiger partial charge in [0.25, 0.3) is 0 Å². The standard InChI is InChI=1S/C59H39NS.C38H25Br.C27H26BNO2S.CH4.CH3/c1-58(2)48-24-12-9-22-43(48)46-35-53-47(34-52(46)58)45-33-32-40(44-23-15-27-51(54(44)45)59(53)49-25-13-10-20-41(49)42-21-11-14-26-50(42)59)36-28-30-39(31-29-36)57-60-55(37-16-5-3-6-17-37)56(61-57)38-18-7-4-8-19-38;1-37(2)29-14-6-3-12-24(29)27-21-34-28(20-33(27)37)25-18-19-35(39)26-13-9-17-32(36(25)26)38(34)30-15-7-4-10-22(30)23-11-5-8-16-31(23)38;1-26(2)27(3,4)31-28(30-26)22-17-15-21(16-18-22)25-29-23(19-11-7-5-8-12-19)24(32-25)20-13-9-6-10-14-20;;/h3-35H,1-2H3;3-21H,1-2H3;5-18H,1-4H3;1H4;1H3/q;;;;-1. The maximum Gasteiger partial charge on any atom is 0.494 e. The van der Waals surface area contributed by atoms with E-state index in [1.807, 2.05) is 12.1 Å². The number of rotatable bonds is 8. The van der Waals surface area contributed by atoms with E-state index in [1.165, 1.54) is 187 Å². The van der Waals surface area contributed by atoms with E-state index in [2.05, 4.69) is 460 Å². The van der Waals surface area contributed by atoms with Gasteiger partial charge in [0.15, 0.2) is 0 Å². The van der Waals surface area contributed by atoms with Gasteiger partial charge < -0.3 is 16.7 Å². The topological polar surface area (TPSA) is 44.2 Å². The predicted molar refractivity (Wildman–Crippen MR) is 568 cm³/mol. The summed E-state index contributed by atoms with van der Waals surface area (Å²) in [6, 6.07) is 148. The van der Waals surface area contributed by atoms with Crippen LogP contribution in [0.15, 0.2) is 405 Å². The third-order valence-electron chi connectivity index (χ3n) is 30.1. The van der Waals surface area contributed by atoms with Gasteiger partial charge in [0.2, 0.25) is 0 Å². The van der Waals surface area contributed by atoms with E-state index in [0.29, 0.717) is 0 Å². The highest BCUT2D eigenvalue weighted by molar-refractivity contribution is 9.10. The van der Waals surface area contributed by atoms with Crippen molar-refractivity contribution in [3.05, 3.63) is 479 Å². The fraction of sp³-hybridized carbons (Fsp3) is 0.119. The van der Waals surface area contributed by atoms with Gasteiger partial charge in [-0.2, -0.15) is 0 Å². The highest BCUT2D eigenvalue weighted by Gasteiger charge is 2.55. The van der Waals surface area contributed by atoms with Crippen molar-refractivity contribution in [2.45, 2.75) is 95.7 Å². The fourth-order valence-electron chi connectivity index (χ4n) is 23.2. The van der Waals surface area contributed by atoms with Crippen LogP contribution in [-0.4, -0.2) is 28.3 Å². The van der Waals surface area contributed by atoms with Crippen LogP contribution in [0.1, 0.15) is 130 Å². The SMILES string of the molecule is C.CC1(C)OB(c2ccc(-c3nc(-c4ccccc4)c(-c4ccccc4)s3)cc2)OC1(C)C.CC1(C)c2ccccc2-c2cc3c(cc21)-c1ccc(-c2ccc(-c4nc(-c5ccccc5)c(-c5ccccc5)s4)cc2)c2cccc(c12)C31c2ccccc2-c2ccccc21.CC1(C)c2ccccc2-c2cc3c(cc21)-c1ccc(Br)c2cccc(c12)C31c2ccccc2-c2ccccc21.[CH3-]. The first kappa shape index (κ1) is 84.5. The second kappa shape index (κ2) is 31.7. The molecular weight excluding hydrogens is 1730 g/mol. The Bertz CT molecular complexity index is 7930. The lowest BCUT2D eigenvalue weighted by Gasteiger charge is -2.41. The minimum Gasteiger partial charge on any atom is -0.399 e. The van der Waals surface area contributed by atoms with Gasteiger partial charge in [-0.15, -0.1) is 22.7 Å². The third kappa shape index (κ3) is 12.4. The molecule has 20 aromatic rings. The molecule has 1 fully saturated rings. The first-order valence-electron chi connectivity index (χ1n) is 45.9. The van der Waals surface area contributed by atoms with E-state index in [0.717, 1.165) is 53.6 Å². The number of hydrogen-bond acceptors (Lipinski definition) is 6. The summed E-state index contributed by atoms with van der Waals surface area (Å²) in [5.74, 6) is 0. The average molecular weight is 1830 g/mol. The van der Waals surface area contributed by atoms with Crippen LogP contribution in [0.5, 0.6) is 0 Å². The van der Waals surface area contributed by atoms with Crippen molar-refractivity contribution in [3.63, 3.8) is 0 Å². The quantitative estimate of drug-likeness (QED) is 0.112. The van der Waals surface area contributed by atoms with Crippen LogP contribution in [0.4, 0.5) is 0 Å². The molecule has 2 aromatic heterocycles. The molecule has 0 N–H and O–H groups in total. The molecule has 646 valence electrons. The molecule has 4 nitrogen and oxygen atoms in total. The Hall–Kier alpha value is -13.8. The summed E-state index contributed by atoms with van der Waals surface area (Å²) in [7, 11) is -0.356. The van der Waals surface area contributed by atoms with Gasteiger partial charge in [-0.25, -0.2) is 9.97 Å². The van der Waals surface area contributed by atoms with Gasteiger partial charge >= 0.3 is 7.12 Å². The fourth-order valence-corrected chi connectivity index (χ4v) is 25.8. The Morgan fingerprint density at radius 1 is 0.246 bits per heavy atom. The van der Waals surface area contributed by atoms with Crippen molar-refractivity contribution in [1.29, 1.82) is 0 Å². The predicted octanol–water partition coefficient (Wildman–Crippen LogP) is 33.4. The van der Waals surface area contributed by atoms with Crippen molar-refractivity contribution in [2.24, 2.45) is 0 Å². The number of benzene rings is 18. The normalized spacial score (nSPS) is 15.2. The molecule has 2 spiro atoms. The Labute approximate surface area is 802 Å². The van der Waals surface area contributed by atoms with Gasteiger partial charge in [-0.05, 0) is 241 Å². The Balaban J connectivity index is 0.000000120. The van der Waals surface area contributed by atoms with Crippen molar-refractivity contribution in [3.8, 4) is 142 Å². The van der Waals surface area contributed by atoms with E-state index >= 15 is 0 Å². The molecule has 134 heavy (non-hydrogen) atoms. The average Bonchev–Trinajstić information content (AvgIpc) is 1.47. The molecule has 18 aromatic carbocycles. The van der Waals surface area contributed by atoms with E-state index < -0.39 is 5.41 Å². The molecule has 0 amide bonds. The lowest BCUT2D eigenvalue weighted by atomic mass is 9.60. The number of thiazole rings is 2. The molecule has 0 unspecified atom stereocenters. The van der Waals surface area contributed by atoms with Crippen LogP contribution in [0.25, 0.3) is 164 Å². The van der Waals surface area contributed by atoms with Gasteiger partial charge in [0.1, 0.15) is 10.0 Å². The molecule has 27 rings (SSSR count). The first-order valence-corrected chi connectivity index (χ1v) is 48.4. The zero-order valence-corrected chi connectivity index (χ0v) is 78.8. The van der Waals surface area contributed by atoms with Crippen LogP contribution in [-0.2, 0) is 31.0 Å². The van der Waals surface area contributed by atoms with Crippen LogP contribution >= 0.6 is 38.6 Å². The monoisotopic (exact) mass is 1820 g/mol. The molecule has 0 radical (unpaired) electrons. The lowest BCUT2D eigenvalue weighted by Crippen LogP contribution is -2.41. The number of hydrogen-bond donors (Lipinski definition) is 0. The van der Waals surface area contributed by atoms with Crippen molar-refractivity contribution < 1.29 is 9.31 Å². The zero-order valence-electron chi connectivity index (χ0n) is 75.6. The lowest BCUT2D eigenvalue weighted by molar-refractivity contribution is 0.00578. The first-order chi connectivity index (χ1) is 64.4. The highest BCUT2D eigenvalue weighted by Crippen LogP contribution is 2.67. The summed E-state index contributed by atoms with van der Waals surface area (Å²) in [5.41, 5.74) is 43.5. The van der Waals surface area contributed by atoms with E-state index in [9.17, 15) is 0 Å². The van der Waals surface area contributed by atoms with Gasteiger partial charge in [0.05, 0.1) is 43.2 Å². The second-order valence-electron chi connectivity index (χ2n) is 38.3. The summed E-state index contributed by atoms with van der Waals surface area (Å²) in [5, 5.41) is 7.29. The van der Waals surface area contributed by atoms with E-state index in [-0.39, 0.29) is 49.4 Å². The molecule has 0 bridgehead atoms. The summed E-state index contributed by atoms with van der Waals surface area (Å²) in [6.07, 6.45) is 0. The smallest absolute Gasteiger partial charge is 0.399 e.